The molecule has 1 saturated carbocycles. The normalized spacial score (nSPS) is 25.0. The summed E-state index contributed by atoms with van der Waals surface area (Å²) >= 11 is 0. The van der Waals surface area contributed by atoms with Crippen LogP contribution < -0.4 is 11.1 Å². The van der Waals surface area contributed by atoms with E-state index in [1.54, 1.807) is 11.6 Å². The van der Waals surface area contributed by atoms with Crippen LogP contribution in [-0.2, 0) is 7.05 Å². The Hall–Kier alpha value is -1.55. The first-order valence-corrected chi connectivity index (χ1v) is 6.97. The van der Waals surface area contributed by atoms with E-state index in [0.717, 1.165) is 11.1 Å². The van der Waals surface area contributed by atoms with Crippen LogP contribution in [0.3, 0.4) is 0 Å². The zero-order chi connectivity index (χ0) is 13.0. The molecule has 1 atom stereocenters. The topological polar surface area (TPSA) is 47.2 Å². The molecular formula is C15H18N2O2. The summed E-state index contributed by atoms with van der Waals surface area (Å²) in [7, 11) is 1.75. The molecular weight excluding hydrogens is 240 g/mol. The van der Waals surface area contributed by atoms with Crippen LogP contribution in [0.5, 0.6) is 0 Å². The monoisotopic (exact) mass is 258 g/mol. The van der Waals surface area contributed by atoms with Crippen LogP contribution in [-0.4, -0.2) is 17.7 Å². The first-order valence-electron chi connectivity index (χ1n) is 6.97. The molecule has 1 aromatic carbocycles. The highest BCUT2D eigenvalue weighted by molar-refractivity contribution is 5.73. The van der Waals surface area contributed by atoms with Gasteiger partial charge in [-0.3, -0.25) is 4.57 Å². The van der Waals surface area contributed by atoms with Crippen molar-refractivity contribution in [2.75, 3.05) is 13.1 Å². The fraction of sp³-hybridized carbons (Fsp3) is 0.533. The molecule has 19 heavy (non-hydrogen) atoms. The lowest BCUT2D eigenvalue weighted by Gasteiger charge is -2.39. The van der Waals surface area contributed by atoms with Crippen molar-refractivity contribution in [3.8, 4) is 0 Å². The summed E-state index contributed by atoms with van der Waals surface area (Å²) in [5.41, 5.74) is 3.48. The zero-order valence-corrected chi connectivity index (χ0v) is 11.1. The molecule has 4 rings (SSSR count). The van der Waals surface area contributed by atoms with Crippen LogP contribution in [0.15, 0.2) is 27.4 Å². The van der Waals surface area contributed by atoms with Crippen LogP contribution in [0.1, 0.15) is 30.7 Å². The molecule has 1 unspecified atom stereocenters. The molecule has 1 spiro atoms. The van der Waals surface area contributed by atoms with Gasteiger partial charge in [0.2, 0.25) is 0 Å². The standard InChI is InChI=1S/C15H18N2O2/c1-17-12-3-2-10(6-13(12)19-14(17)18)11-4-5-15(7-11)8-16-9-15/h2-3,6,11,16H,4-5,7-9H2,1H3. The number of nitrogens with zero attached hydrogens (tertiary/aromatic N) is 1. The Morgan fingerprint density at radius 1 is 1.42 bits per heavy atom. The lowest BCUT2D eigenvalue weighted by atomic mass is 9.79. The number of aromatic nitrogens is 1. The summed E-state index contributed by atoms with van der Waals surface area (Å²) < 4.78 is 6.85. The van der Waals surface area contributed by atoms with E-state index in [4.69, 9.17) is 4.42 Å². The Bertz CT molecular complexity index is 694. The smallest absolute Gasteiger partial charge is 0.408 e. The largest absolute Gasteiger partial charge is 0.419 e. The second-order valence-electron chi connectivity index (χ2n) is 6.20. The third-order valence-electron chi connectivity index (χ3n) is 4.99. The first kappa shape index (κ1) is 11.3. The minimum atomic E-state index is -0.279. The molecule has 4 nitrogen and oxygen atoms in total. The number of hydrogen-bond acceptors (Lipinski definition) is 3. The van der Waals surface area contributed by atoms with Gasteiger partial charge >= 0.3 is 5.76 Å². The van der Waals surface area contributed by atoms with Crippen LogP contribution in [0.25, 0.3) is 11.1 Å². The van der Waals surface area contributed by atoms with Gasteiger partial charge in [-0.25, -0.2) is 4.79 Å². The van der Waals surface area contributed by atoms with Gasteiger partial charge in [-0.15, -0.1) is 0 Å². The molecule has 2 aliphatic rings. The van der Waals surface area contributed by atoms with Gasteiger partial charge in [-0.2, -0.15) is 0 Å². The number of benzene rings is 1. The van der Waals surface area contributed by atoms with Gasteiger partial charge in [0.15, 0.2) is 5.58 Å². The number of oxazole rings is 1. The van der Waals surface area contributed by atoms with Crippen LogP contribution in [0.4, 0.5) is 0 Å². The SMILES string of the molecule is Cn1c(=O)oc2cc(C3CCC4(CNC4)C3)ccc21. The maximum atomic E-state index is 11.5. The van der Waals surface area contributed by atoms with Crippen molar-refractivity contribution in [2.24, 2.45) is 12.5 Å². The molecule has 4 heteroatoms. The average Bonchev–Trinajstić information content (AvgIpc) is 2.92. The van der Waals surface area contributed by atoms with E-state index in [1.165, 1.54) is 37.9 Å². The van der Waals surface area contributed by atoms with Crippen molar-refractivity contribution in [2.45, 2.75) is 25.2 Å². The lowest BCUT2D eigenvalue weighted by Crippen LogP contribution is -2.51. The third-order valence-corrected chi connectivity index (χ3v) is 4.99. The minimum absolute atomic E-state index is 0.279. The molecule has 2 fully saturated rings. The summed E-state index contributed by atoms with van der Waals surface area (Å²) in [6.45, 7) is 2.35. The van der Waals surface area contributed by atoms with Crippen molar-refractivity contribution in [3.63, 3.8) is 0 Å². The number of nitrogens with one attached hydrogen (secondary N) is 1. The fourth-order valence-corrected chi connectivity index (χ4v) is 3.70. The van der Waals surface area contributed by atoms with Gasteiger partial charge in [0, 0.05) is 20.1 Å². The highest BCUT2D eigenvalue weighted by Gasteiger charge is 2.43. The van der Waals surface area contributed by atoms with E-state index in [9.17, 15) is 4.79 Å². The third kappa shape index (κ3) is 1.59. The summed E-state index contributed by atoms with van der Waals surface area (Å²) in [5.74, 6) is 0.343. The molecule has 100 valence electrons. The van der Waals surface area contributed by atoms with E-state index < -0.39 is 0 Å². The van der Waals surface area contributed by atoms with Crippen molar-refractivity contribution >= 4 is 11.1 Å². The van der Waals surface area contributed by atoms with Crippen molar-refractivity contribution in [3.05, 3.63) is 34.3 Å². The van der Waals surface area contributed by atoms with Gasteiger partial charge in [0.1, 0.15) is 0 Å². The number of fused-ring (bicyclic) bond motifs is 1. The molecule has 2 aromatic rings. The Morgan fingerprint density at radius 2 is 2.26 bits per heavy atom. The molecule has 0 radical (unpaired) electrons. The Labute approximate surface area is 111 Å². The van der Waals surface area contributed by atoms with Crippen molar-refractivity contribution < 1.29 is 4.42 Å². The fourth-order valence-electron chi connectivity index (χ4n) is 3.70. The molecule has 1 aromatic heterocycles. The van der Waals surface area contributed by atoms with Gasteiger partial charge < -0.3 is 9.73 Å². The van der Waals surface area contributed by atoms with E-state index in [0.29, 0.717) is 11.3 Å². The predicted molar refractivity (Wildman–Crippen MR) is 73.3 cm³/mol. The molecule has 0 bridgehead atoms. The van der Waals surface area contributed by atoms with Crippen LogP contribution in [0.2, 0.25) is 0 Å². The molecule has 1 N–H and O–H groups in total. The molecule has 2 heterocycles. The van der Waals surface area contributed by atoms with E-state index in [1.807, 2.05) is 6.07 Å². The molecule has 1 saturated heterocycles. The Balaban J connectivity index is 1.70. The summed E-state index contributed by atoms with van der Waals surface area (Å²) in [4.78, 5) is 11.5. The van der Waals surface area contributed by atoms with Crippen molar-refractivity contribution in [1.82, 2.24) is 9.88 Å². The molecule has 1 aliphatic carbocycles. The van der Waals surface area contributed by atoms with E-state index >= 15 is 0 Å². The van der Waals surface area contributed by atoms with Gasteiger partial charge in [-0.1, -0.05) is 6.07 Å². The van der Waals surface area contributed by atoms with E-state index in [2.05, 4.69) is 17.4 Å². The summed E-state index contributed by atoms with van der Waals surface area (Å²) in [6, 6.07) is 6.24. The molecule has 1 aliphatic heterocycles. The lowest BCUT2D eigenvalue weighted by molar-refractivity contribution is 0.175. The number of aryl methyl sites for hydroxylation is 1. The Kier molecular flexibility index (Phi) is 2.22. The average molecular weight is 258 g/mol. The molecule has 0 amide bonds. The van der Waals surface area contributed by atoms with Crippen molar-refractivity contribution in [1.29, 1.82) is 0 Å². The van der Waals surface area contributed by atoms with Gasteiger partial charge in [0.05, 0.1) is 5.52 Å². The number of rotatable bonds is 1. The number of hydrogen-bond donors (Lipinski definition) is 1. The maximum absolute atomic E-state index is 11.5. The van der Waals surface area contributed by atoms with Gasteiger partial charge in [0.25, 0.3) is 0 Å². The summed E-state index contributed by atoms with van der Waals surface area (Å²) in [6.07, 6.45) is 3.84. The maximum Gasteiger partial charge on any atom is 0.419 e. The highest BCUT2D eigenvalue weighted by Crippen LogP contribution is 2.48. The Morgan fingerprint density at radius 3 is 2.95 bits per heavy atom. The van der Waals surface area contributed by atoms with Crippen LogP contribution >= 0.6 is 0 Å². The highest BCUT2D eigenvalue weighted by atomic mass is 16.4. The second-order valence-corrected chi connectivity index (χ2v) is 6.20. The van der Waals surface area contributed by atoms with E-state index in [-0.39, 0.29) is 5.76 Å². The predicted octanol–water partition coefficient (Wildman–Crippen LogP) is 1.99. The second kappa shape index (κ2) is 3.73. The quantitative estimate of drug-likeness (QED) is 0.851. The zero-order valence-electron chi connectivity index (χ0n) is 11.1. The van der Waals surface area contributed by atoms with Crippen LogP contribution in [0, 0.1) is 5.41 Å². The minimum Gasteiger partial charge on any atom is -0.408 e. The van der Waals surface area contributed by atoms with Gasteiger partial charge in [-0.05, 0) is 48.3 Å². The first-order chi connectivity index (χ1) is 9.17. The summed E-state index contributed by atoms with van der Waals surface area (Å²) in [5, 5.41) is 3.39.